The van der Waals surface area contributed by atoms with Gasteiger partial charge in [-0.3, -0.25) is 0 Å². The van der Waals surface area contributed by atoms with Crippen LogP contribution in [0.5, 0.6) is 0 Å². The van der Waals surface area contributed by atoms with Crippen molar-refractivity contribution in [2.75, 3.05) is 0 Å². The van der Waals surface area contributed by atoms with E-state index in [2.05, 4.69) is 92.7 Å². The molecule has 0 heterocycles. The van der Waals surface area contributed by atoms with Gasteiger partial charge in [-0.1, -0.05) is 92.7 Å². The third kappa shape index (κ3) is 2.59. The molecule has 0 saturated carbocycles. The Balaban J connectivity index is 2.10. The number of hydrogen-bond donors (Lipinski definition) is 0. The first-order valence-electron chi connectivity index (χ1n) is 8.52. The van der Waals surface area contributed by atoms with E-state index in [0.717, 1.165) is 6.42 Å². The molecule has 0 atom stereocenters. The molecule has 1 radical (unpaired) electrons. The normalized spacial score (nSPS) is 11.5. The van der Waals surface area contributed by atoms with E-state index in [-0.39, 0.29) is 0 Å². The van der Waals surface area contributed by atoms with E-state index < -0.39 is 0 Å². The standard InChI is InChI=1S/C24H21/c1-17(2)16-20-15-14-19-9-4-6-12-22(19)24(20)23-13-7-10-18-8-3-5-11-21(18)23/h3-15H,16H2,1-2H3. The van der Waals surface area contributed by atoms with E-state index in [4.69, 9.17) is 0 Å². The summed E-state index contributed by atoms with van der Waals surface area (Å²) in [5, 5.41) is 5.27. The first-order chi connectivity index (χ1) is 11.7. The van der Waals surface area contributed by atoms with Crippen LogP contribution in [0, 0.1) is 5.92 Å². The number of hydrogen-bond acceptors (Lipinski definition) is 0. The van der Waals surface area contributed by atoms with Gasteiger partial charge in [0.2, 0.25) is 0 Å². The molecule has 4 aromatic rings. The summed E-state index contributed by atoms with van der Waals surface area (Å²) in [4.78, 5) is 0. The summed E-state index contributed by atoms with van der Waals surface area (Å²) in [7, 11) is 0. The van der Waals surface area contributed by atoms with Crippen molar-refractivity contribution in [1.29, 1.82) is 0 Å². The van der Waals surface area contributed by atoms with Crippen LogP contribution < -0.4 is 0 Å². The molecule has 0 N–H and O–H groups in total. The fraction of sp³-hybridized carbons (Fsp3) is 0.125. The van der Waals surface area contributed by atoms with Gasteiger partial charge < -0.3 is 0 Å². The molecule has 0 aliphatic heterocycles. The van der Waals surface area contributed by atoms with Gasteiger partial charge in [-0.2, -0.15) is 0 Å². The maximum atomic E-state index is 2.30. The van der Waals surface area contributed by atoms with Crippen LogP contribution >= 0.6 is 0 Å². The Bertz CT molecular complexity index is 1000. The lowest BCUT2D eigenvalue weighted by molar-refractivity contribution is 0.960. The molecule has 0 nitrogen and oxygen atoms in total. The molecule has 4 rings (SSSR count). The van der Waals surface area contributed by atoms with Crippen LogP contribution in [-0.2, 0) is 6.42 Å². The number of rotatable bonds is 3. The molecule has 0 bridgehead atoms. The Hall–Kier alpha value is -2.60. The van der Waals surface area contributed by atoms with Gasteiger partial charge in [0.25, 0.3) is 0 Å². The second-order valence-electron chi connectivity index (χ2n) is 6.73. The number of benzene rings is 4. The second-order valence-corrected chi connectivity index (χ2v) is 6.73. The SMILES string of the molecule is C[C](C)Cc1ccc2ccccc2c1-c1cccc2ccccc12. The van der Waals surface area contributed by atoms with Crippen LogP contribution in [0.15, 0.2) is 78.9 Å². The Morgan fingerprint density at radius 2 is 1.25 bits per heavy atom. The molecule has 0 saturated heterocycles. The van der Waals surface area contributed by atoms with Gasteiger partial charge in [0.05, 0.1) is 0 Å². The van der Waals surface area contributed by atoms with E-state index in [1.54, 1.807) is 0 Å². The molecule has 0 aromatic heterocycles. The molecular weight excluding hydrogens is 288 g/mol. The van der Waals surface area contributed by atoms with E-state index in [0.29, 0.717) is 0 Å². The molecule has 117 valence electrons. The molecular formula is C24H21. The van der Waals surface area contributed by atoms with Crippen molar-refractivity contribution in [1.82, 2.24) is 0 Å². The first kappa shape index (κ1) is 15.0. The minimum Gasteiger partial charge on any atom is -0.0616 e. The van der Waals surface area contributed by atoms with Gasteiger partial charge >= 0.3 is 0 Å². The van der Waals surface area contributed by atoms with E-state index in [1.165, 1.54) is 44.2 Å². The van der Waals surface area contributed by atoms with Crippen molar-refractivity contribution in [3.63, 3.8) is 0 Å². The Kier molecular flexibility index (Phi) is 3.82. The average molecular weight is 309 g/mol. The van der Waals surface area contributed by atoms with Crippen molar-refractivity contribution >= 4 is 21.5 Å². The van der Waals surface area contributed by atoms with Crippen molar-refractivity contribution in [3.8, 4) is 11.1 Å². The number of fused-ring (bicyclic) bond motifs is 2. The highest BCUT2D eigenvalue weighted by molar-refractivity contribution is 6.06. The monoisotopic (exact) mass is 309 g/mol. The molecule has 0 amide bonds. The molecule has 0 spiro atoms. The topological polar surface area (TPSA) is 0 Å². The third-order valence-electron chi connectivity index (χ3n) is 4.62. The molecule has 24 heavy (non-hydrogen) atoms. The van der Waals surface area contributed by atoms with Gasteiger partial charge in [0.15, 0.2) is 0 Å². The first-order valence-corrected chi connectivity index (χ1v) is 8.52. The third-order valence-corrected chi connectivity index (χ3v) is 4.62. The fourth-order valence-corrected chi connectivity index (χ4v) is 3.61. The summed E-state index contributed by atoms with van der Waals surface area (Å²) in [6.45, 7) is 4.42. The minimum absolute atomic E-state index is 1.02. The van der Waals surface area contributed by atoms with Crippen LogP contribution in [0.1, 0.15) is 19.4 Å². The summed E-state index contributed by atoms with van der Waals surface area (Å²) >= 11 is 0. The lowest BCUT2D eigenvalue weighted by atomic mass is 9.87. The molecule has 0 unspecified atom stereocenters. The molecule has 0 aliphatic rings. The molecule has 0 fully saturated rings. The van der Waals surface area contributed by atoms with E-state index in [9.17, 15) is 0 Å². The maximum absolute atomic E-state index is 2.30. The highest BCUT2D eigenvalue weighted by atomic mass is 14.2. The van der Waals surface area contributed by atoms with Gasteiger partial charge in [0.1, 0.15) is 0 Å². The van der Waals surface area contributed by atoms with Crippen molar-refractivity contribution < 1.29 is 0 Å². The van der Waals surface area contributed by atoms with Crippen LogP contribution in [0.3, 0.4) is 0 Å². The summed E-state index contributed by atoms with van der Waals surface area (Å²) in [6.07, 6.45) is 1.02. The highest BCUT2D eigenvalue weighted by Gasteiger charge is 2.13. The molecule has 0 heteroatoms. The van der Waals surface area contributed by atoms with Crippen molar-refractivity contribution in [3.05, 3.63) is 90.3 Å². The summed E-state index contributed by atoms with van der Waals surface area (Å²) in [5.41, 5.74) is 4.12. The Morgan fingerprint density at radius 1 is 0.625 bits per heavy atom. The molecule has 4 aromatic carbocycles. The van der Waals surface area contributed by atoms with Crippen molar-refractivity contribution in [2.24, 2.45) is 0 Å². The lowest BCUT2D eigenvalue weighted by Gasteiger charge is -2.17. The maximum Gasteiger partial charge on any atom is -0.00669 e. The lowest BCUT2D eigenvalue weighted by Crippen LogP contribution is -1.97. The largest absolute Gasteiger partial charge is 0.0616 e. The summed E-state index contributed by atoms with van der Waals surface area (Å²) in [5.74, 6) is 1.44. The zero-order valence-corrected chi connectivity index (χ0v) is 14.2. The Morgan fingerprint density at radius 3 is 2.00 bits per heavy atom. The smallest absolute Gasteiger partial charge is 0.00669 e. The van der Waals surface area contributed by atoms with Gasteiger partial charge in [-0.15, -0.1) is 0 Å². The van der Waals surface area contributed by atoms with Crippen molar-refractivity contribution in [2.45, 2.75) is 20.3 Å². The highest BCUT2D eigenvalue weighted by Crippen LogP contribution is 2.37. The zero-order valence-electron chi connectivity index (χ0n) is 14.2. The Labute approximate surface area is 143 Å². The van der Waals surface area contributed by atoms with Crippen LogP contribution in [0.2, 0.25) is 0 Å². The van der Waals surface area contributed by atoms with Crippen LogP contribution in [0.25, 0.3) is 32.7 Å². The van der Waals surface area contributed by atoms with Crippen LogP contribution in [-0.4, -0.2) is 0 Å². The average Bonchev–Trinajstić information content (AvgIpc) is 2.61. The predicted molar refractivity (Wildman–Crippen MR) is 105 cm³/mol. The second kappa shape index (κ2) is 6.13. The minimum atomic E-state index is 1.02. The fourth-order valence-electron chi connectivity index (χ4n) is 3.61. The van der Waals surface area contributed by atoms with E-state index >= 15 is 0 Å². The zero-order chi connectivity index (χ0) is 16.5. The van der Waals surface area contributed by atoms with Gasteiger partial charge in [-0.05, 0) is 50.6 Å². The summed E-state index contributed by atoms with van der Waals surface area (Å²) in [6, 6.07) is 28.6. The van der Waals surface area contributed by atoms with Gasteiger partial charge in [0, 0.05) is 0 Å². The summed E-state index contributed by atoms with van der Waals surface area (Å²) < 4.78 is 0. The van der Waals surface area contributed by atoms with Crippen LogP contribution in [0.4, 0.5) is 0 Å². The molecule has 0 aliphatic carbocycles. The van der Waals surface area contributed by atoms with E-state index in [1.807, 2.05) is 0 Å². The predicted octanol–water partition coefficient (Wildman–Crippen LogP) is 6.82. The van der Waals surface area contributed by atoms with Gasteiger partial charge in [-0.25, -0.2) is 0 Å². The quantitative estimate of drug-likeness (QED) is 0.389.